The van der Waals surface area contributed by atoms with Gasteiger partial charge in [-0.2, -0.15) is 0 Å². The molecule has 3 unspecified atom stereocenters. The molecule has 0 bridgehead atoms. The zero-order valence-corrected chi connectivity index (χ0v) is 12.2. The fourth-order valence-corrected chi connectivity index (χ4v) is 3.13. The van der Waals surface area contributed by atoms with Crippen LogP contribution in [0.1, 0.15) is 40.0 Å². The van der Waals surface area contributed by atoms with Crippen molar-refractivity contribution in [2.24, 2.45) is 11.7 Å². The van der Waals surface area contributed by atoms with E-state index in [2.05, 4.69) is 32.7 Å². The smallest absolute Gasteiger partial charge is 0.170 e. The van der Waals surface area contributed by atoms with E-state index < -0.39 is 0 Å². The maximum atomic E-state index is 6.32. The third-order valence-corrected chi connectivity index (χ3v) is 4.82. The maximum Gasteiger partial charge on any atom is 0.170 e. The van der Waals surface area contributed by atoms with E-state index in [0.29, 0.717) is 18.0 Å². The zero-order valence-electron chi connectivity index (χ0n) is 12.2. The van der Waals surface area contributed by atoms with E-state index >= 15 is 0 Å². The number of nitrogens with two attached hydrogens (primary N) is 1. The average Bonchev–Trinajstić information content (AvgIpc) is 2.79. The van der Waals surface area contributed by atoms with Gasteiger partial charge < -0.3 is 15.2 Å². The van der Waals surface area contributed by atoms with Crippen molar-refractivity contribution in [3.8, 4) is 0 Å². The van der Waals surface area contributed by atoms with Crippen molar-refractivity contribution in [1.82, 2.24) is 4.90 Å². The van der Waals surface area contributed by atoms with Gasteiger partial charge in [-0.25, -0.2) is 0 Å². The quantitative estimate of drug-likeness (QED) is 0.833. The lowest BCUT2D eigenvalue weighted by atomic mass is 9.84. The Morgan fingerprint density at radius 2 is 1.83 bits per heavy atom. The highest BCUT2D eigenvalue weighted by molar-refractivity contribution is 4.95. The standard InChI is InChI=1S/C14H28N2O2/c1-10(2)11(3)16(4)13-9-14(6-5-12(13)15)17-7-8-18-14/h10-13H,5-9,15H2,1-4H3. The van der Waals surface area contributed by atoms with E-state index in [9.17, 15) is 0 Å². The van der Waals surface area contributed by atoms with Crippen molar-refractivity contribution in [1.29, 1.82) is 0 Å². The minimum atomic E-state index is -0.342. The summed E-state index contributed by atoms with van der Waals surface area (Å²) in [6, 6.07) is 1.11. The number of hydrogen-bond donors (Lipinski definition) is 1. The molecule has 2 rings (SSSR count). The Morgan fingerprint density at radius 3 is 2.39 bits per heavy atom. The summed E-state index contributed by atoms with van der Waals surface area (Å²) >= 11 is 0. The van der Waals surface area contributed by atoms with Gasteiger partial charge in [0, 0.05) is 31.0 Å². The Balaban J connectivity index is 2.05. The molecule has 0 aromatic heterocycles. The molecule has 0 aromatic carbocycles. The summed E-state index contributed by atoms with van der Waals surface area (Å²) in [6.45, 7) is 8.24. The van der Waals surface area contributed by atoms with Crippen molar-refractivity contribution < 1.29 is 9.47 Å². The molecule has 0 amide bonds. The number of likely N-dealkylation sites (N-methyl/N-ethyl adjacent to an activating group) is 1. The van der Waals surface area contributed by atoms with E-state index in [0.717, 1.165) is 32.5 Å². The highest BCUT2D eigenvalue weighted by Gasteiger charge is 2.46. The minimum Gasteiger partial charge on any atom is -0.347 e. The van der Waals surface area contributed by atoms with Crippen LogP contribution in [-0.4, -0.2) is 49.1 Å². The largest absolute Gasteiger partial charge is 0.347 e. The molecule has 18 heavy (non-hydrogen) atoms. The lowest BCUT2D eigenvalue weighted by molar-refractivity contribution is -0.192. The van der Waals surface area contributed by atoms with Gasteiger partial charge in [0.1, 0.15) is 0 Å². The Hall–Kier alpha value is -0.160. The number of hydrogen-bond acceptors (Lipinski definition) is 4. The highest BCUT2D eigenvalue weighted by Crippen LogP contribution is 2.37. The Labute approximate surface area is 111 Å². The molecule has 2 fully saturated rings. The van der Waals surface area contributed by atoms with Gasteiger partial charge in [-0.3, -0.25) is 4.90 Å². The molecule has 4 heteroatoms. The van der Waals surface area contributed by atoms with Crippen LogP contribution >= 0.6 is 0 Å². The monoisotopic (exact) mass is 256 g/mol. The second-order valence-electron chi connectivity index (χ2n) is 6.23. The van der Waals surface area contributed by atoms with Crippen LogP contribution in [0.2, 0.25) is 0 Å². The fourth-order valence-electron chi connectivity index (χ4n) is 3.13. The van der Waals surface area contributed by atoms with Gasteiger partial charge in [0.15, 0.2) is 5.79 Å². The Kier molecular flexibility index (Phi) is 4.32. The summed E-state index contributed by atoms with van der Waals surface area (Å²) in [6.07, 6.45) is 2.83. The molecule has 106 valence electrons. The molecule has 1 saturated heterocycles. The average molecular weight is 256 g/mol. The second kappa shape index (κ2) is 5.45. The molecule has 4 nitrogen and oxygen atoms in total. The van der Waals surface area contributed by atoms with Gasteiger partial charge in [-0.15, -0.1) is 0 Å². The maximum absolute atomic E-state index is 6.32. The molecule has 2 N–H and O–H groups in total. The van der Waals surface area contributed by atoms with E-state index in [4.69, 9.17) is 15.2 Å². The zero-order chi connectivity index (χ0) is 13.3. The molecule has 0 aromatic rings. The van der Waals surface area contributed by atoms with Gasteiger partial charge >= 0.3 is 0 Å². The number of nitrogens with zero attached hydrogens (tertiary/aromatic N) is 1. The van der Waals surface area contributed by atoms with Gasteiger partial charge in [0.2, 0.25) is 0 Å². The van der Waals surface area contributed by atoms with Crippen molar-refractivity contribution in [2.75, 3.05) is 20.3 Å². The predicted molar refractivity (Wildman–Crippen MR) is 72.3 cm³/mol. The van der Waals surface area contributed by atoms with Crippen LogP contribution < -0.4 is 5.73 Å². The van der Waals surface area contributed by atoms with Crippen molar-refractivity contribution in [2.45, 2.75) is 63.9 Å². The summed E-state index contributed by atoms with van der Waals surface area (Å²) < 4.78 is 11.7. The van der Waals surface area contributed by atoms with Crippen LogP contribution in [0, 0.1) is 5.92 Å². The molecule has 0 radical (unpaired) electrons. The lowest BCUT2D eigenvalue weighted by Crippen LogP contribution is -2.57. The van der Waals surface area contributed by atoms with Gasteiger partial charge in [0.05, 0.1) is 13.2 Å². The third-order valence-electron chi connectivity index (χ3n) is 4.82. The van der Waals surface area contributed by atoms with Crippen LogP contribution in [-0.2, 0) is 9.47 Å². The molecular formula is C14H28N2O2. The van der Waals surface area contributed by atoms with Crippen LogP contribution in [0.5, 0.6) is 0 Å². The molecule has 2 aliphatic rings. The molecule has 1 saturated carbocycles. The summed E-state index contributed by atoms with van der Waals surface area (Å²) in [5.41, 5.74) is 6.32. The van der Waals surface area contributed by atoms with Gasteiger partial charge in [-0.1, -0.05) is 13.8 Å². The van der Waals surface area contributed by atoms with Crippen molar-refractivity contribution in [3.63, 3.8) is 0 Å². The van der Waals surface area contributed by atoms with E-state index in [1.807, 2.05) is 0 Å². The van der Waals surface area contributed by atoms with E-state index in [-0.39, 0.29) is 11.8 Å². The van der Waals surface area contributed by atoms with E-state index in [1.54, 1.807) is 0 Å². The first kappa shape index (κ1) is 14.3. The highest BCUT2D eigenvalue weighted by atomic mass is 16.7. The summed E-state index contributed by atoms with van der Waals surface area (Å²) in [4.78, 5) is 2.42. The second-order valence-corrected chi connectivity index (χ2v) is 6.23. The minimum absolute atomic E-state index is 0.231. The topological polar surface area (TPSA) is 47.7 Å². The van der Waals surface area contributed by atoms with Crippen LogP contribution in [0.25, 0.3) is 0 Å². The van der Waals surface area contributed by atoms with Crippen LogP contribution in [0.4, 0.5) is 0 Å². The molecule has 1 aliphatic carbocycles. The molecule has 1 aliphatic heterocycles. The molecule has 1 heterocycles. The number of rotatable bonds is 3. The van der Waals surface area contributed by atoms with Crippen LogP contribution in [0.15, 0.2) is 0 Å². The summed E-state index contributed by atoms with van der Waals surface area (Å²) in [5, 5.41) is 0. The predicted octanol–water partition coefficient (Wildman–Crippen LogP) is 1.59. The molecule has 1 spiro atoms. The number of ether oxygens (including phenoxy) is 2. The first-order valence-corrected chi connectivity index (χ1v) is 7.20. The van der Waals surface area contributed by atoms with E-state index in [1.165, 1.54) is 0 Å². The lowest BCUT2D eigenvalue weighted by Gasteiger charge is -2.46. The normalized spacial score (nSPS) is 33.5. The first-order valence-electron chi connectivity index (χ1n) is 7.20. The summed E-state index contributed by atoms with van der Waals surface area (Å²) in [7, 11) is 2.18. The molecular weight excluding hydrogens is 228 g/mol. The Bertz CT molecular complexity index is 277. The molecule has 3 atom stereocenters. The van der Waals surface area contributed by atoms with Crippen molar-refractivity contribution >= 4 is 0 Å². The SMILES string of the molecule is CC(C)C(C)N(C)C1CC2(CCC1N)OCCO2. The Morgan fingerprint density at radius 1 is 1.22 bits per heavy atom. The van der Waals surface area contributed by atoms with Gasteiger partial charge in [-0.05, 0) is 26.3 Å². The van der Waals surface area contributed by atoms with Gasteiger partial charge in [0.25, 0.3) is 0 Å². The fraction of sp³-hybridized carbons (Fsp3) is 1.00. The van der Waals surface area contributed by atoms with Crippen LogP contribution in [0.3, 0.4) is 0 Å². The first-order chi connectivity index (χ1) is 8.45. The third kappa shape index (κ3) is 2.72. The van der Waals surface area contributed by atoms with Crippen molar-refractivity contribution in [3.05, 3.63) is 0 Å². The summed E-state index contributed by atoms with van der Waals surface area (Å²) in [5.74, 6) is 0.288.